The normalized spacial score (nSPS) is 19.3. The molecule has 1 atom stereocenters. The van der Waals surface area contributed by atoms with Crippen LogP contribution in [-0.4, -0.2) is 55.3 Å². The summed E-state index contributed by atoms with van der Waals surface area (Å²) < 4.78 is 0. The Kier molecular flexibility index (Phi) is 5.44. The van der Waals surface area contributed by atoms with Crippen molar-refractivity contribution in [3.8, 4) is 0 Å². The van der Waals surface area contributed by atoms with Crippen LogP contribution in [0.25, 0.3) is 0 Å². The second-order valence-electron chi connectivity index (χ2n) is 7.97. The highest BCUT2D eigenvalue weighted by Gasteiger charge is 2.34. The number of anilines is 2. The van der Waals surface area contributed by atoms with E-state index in [1.54, 1.807) is 4.90 Å². The minimum Gasteiger partial charge on any atom is -0.369 e. The van der Waals surface area contributed by atoms with Gasteiger partial charge in [0.2, 0.25) is 11.8 Å². The highest BCUT2D eigenvalue weighted by molar-refractivity contribution is 6.00. The zero-order valence-corrected chi connectivity index (χ0v) is 17.1. The van der Waals surface area contributed by atoms with E-state index in [1.807, 2.05) is 60.4 Å². The van der Waals surface area contributed by atoms with Crippen molar-refractivity contribution in [2.75, 3.05) is 42.5 Å². The fraction of sp³-hybridized carbons (Fsp3) is 0.348. The maximum Gasteiger partial charge on any atom is 0.253 e. The molecule has 0 radical (unpaired) electrons. The van der Waals surface area contributed by atoms with E-state index in [2.05, 4.69) is 4.90 Å². The number of piperazine rings is 1. The highest BCUT2D eigenvalue weighted by atomic mass is 16.2. The van der Waals surface area contributed by atoms with Gasteiger partial charge in [0.1, 0.15) is 0 Å². The van der Waals surface area contributed by atoms with Crippen LogP contribution in [0.4, 0.5) is 11.4 Å². The molecular weight excluding hydrogens is 380 g/mol. The predicted molar refractivity (Wildman–Crippen MR) is 115 cm³/mol. The van der Waals surface area contributed by atoms with Crippen LogP contribution in [0, 0.1) is 12.8 Å². The van der Waals surface area contributed by atoms with Gasteiger partial charge >= 0.3 is 0 Å². The minimum atomic E-state index is -0.430. The Labute approximate surface area is 176 Å². The van der Waals surface area contributed by atoms with E-state index in [9.17, 15) is 14.4 Å². The first-order chi connectivity index (χ1) is 14.4. The van der Waals surface area contributed by atoms with Crippen molar-refractivity contribution in [2.24, 2.45) is 11.7 Å². The number of aryl methyl sites for hydroxylation is 1. The Morgan fingerprint density at radius 2 is 1.50 bits per heavy atom. The maximum absolute atomic E-state index is 12.7. The number of benzene rings is 2. The second kappa shape index (κ2) is 8.18. The summed E-state index contributed by atoms with van der Waals surface area (Å²) in [6.07, 6.45) is 0.175. The first-order valence-electron chi connectivity index (χ1n) is 10.2. The van der Waals surface area contributed by atoms with Crippen LogP contribution in [0.15, 0.2) is 48.5 Å². The Balaban J connectivity index is 1.36. The third kappa shape index (κ3) is 4.01. The summed E-state index contributed by atoms with van der Waals surface area (Å²) in [5.41, 5.74) is 9.04. The van der Waals surface area contributed by atoms with Crippen LogP contribution in [0.2, 0.25) is 0 Å². The summed E-state index contributed by atoms with van der Waals surface area (Å²) in [5, 5.41) is 0. The van der Waals surface area contributed by atoms with Crippen LogP contribution in [0.3, 0.4) is 0 Å². The van der Waals surface area contributed by atoms with Gasteiger partial charge in [-0.25, -0.2) is 0 Å². The van der Waals surface area contributed by atoms with Gasteiger partial charge in [-0.2, -0.15) is 0 Å². The summed E-state index contributed by atoms with van der Waals surface area (Å²) in [6.45, 7) is 5.19. The first kappa shape index (κ1) is 19.9. The molecule has 0 unspecified atom stereocenters. The van der Waals surface area contributed by atoms with Crippen molar-refractivity contribution in [2.45, 2.75) is 13.3 Å². The van der Waals surface area contributed by atoms with Gasteiger partial charge in [0.05, 0.1) is 5.92 Å². The van der Waals surface area contributed by atoms with E-state index in [-0.39, 0.29) is 18.2 Å². The van der Waals surface area contributed by atoms with Gasteiger partial charge in [-0.05, 0) is 43.3 Å². The summed E-state index contributed by atoms with van der Waals surface area (Å²) in [4.78, 5) is 42.0. The van der Waals surface area contributed by atoms with Crippen LogP contribution in [-0.2, 0) is 9.59 Å². The van der Waals surface area contributed by atoms with Crippen molar-refractivity contribution in [1.29, 1.82) is 0 Å². The minimum absolute atomic E-state index is 0.0709. The standard InChI is InChI=1S/C23H26N4O3/c1-16-2-4-17(5-3-16)23(30)26-12-10-25(11-13-26)19-6-8-20(9-7-19)27-15-18(22(24)29)14-21(27)28/h2-9,18H,10-15H2,1H3,(H2,24,29)/t18-/m0/s1. The number of amides is 3. The third-order valence-electron chi connectivity index (χ3n) is 5.92. The summed E-state index contributed by atoms with van der Waals surface area (Å²) >= 11 is 0. The molecule has 2 aliphatic heterocycles. The van der Waals surface area contributed by atoms with Crippen LogP contribution < -0.4 is 15.5 Å². The Morgan fingerprint density at radius 1 is 0.900 bits per heavy atom. The van der Waals surface area contributed by atoms with Gasteiger partial charge in [0.25, 0.3) is 5.91 Å². The van der Waals surface area contributed by atoms with Gasteiger partial charge < -0.3 is 20.4 Å². The molecule has 0 aromatic heterocycles. The van der Waals surface area contributed by atoms with E-state index in [0.29, 0.717) is 19.6 Å². The van der Waals surface area contributed by atoms with E-state index < -0.39 is 11.8 Å². The molecule has 2 N–H and O–H groups in total. The molecular formula is C23H26N4O3. The Hall–Kier alpha value is -3.35. The SMILES string of the molecule is Cc1ccc(C(=O)N2CCN(c3ccc(N4C[C@@H](C(N)=O)CC4=O)cc3)CC2)cc1. The summed E-state index contributed by atoms with van der Waals surface area (Å²) in [7, 11) is 0. The number of carbonyl (C=O) groups excluding carboxylic acids is 3. The van der Waals surface area contributed by atoms with Crippen molar-refractivity contribution in [3.63, 3.8) is 0 Å². The average molecular weight is 406 g/mol. The molecule has 3 amide bonds. The Morgan fingerprint density at radius 3 is 2.07 bits per heavy atom. The molecule has 0 spiro atoms. The molecule has 0 aliphatic carbocycles. The largest absolute Gasteiger partial charge is 0.369 e. The molecule has 2 heterocycles. The number of rotatable bonds is 4. The zero-order chi connectivity index (χ0) is 21.3. The lowest BCUT2D eigenvalue weighted by Gasteiger charge is -2.36. The van der Waals surface area contributed by atoms with Gasteiger partial charge in [0.15, 0.2) is 0 Å². The zero-order valence-electron chi connectivity index (χ0n) is 17.1. The molecule has 2 saturated heterocycles. The van der Waals surface area contributed by atoms with Gasteiger partial charge in [0, 0.05) is 56.1 Å². The number of carbonyl (C=O) groups is 3. The topological polar surface area (TPSA) is 86.9 Å². The lowest BCUT2D eigenvalue weighted by Crippen LogP contribution is -2.48. The molecule has 2 aromatic rings. The molecule has 2 aromatic carbocycles. The fourth-order valence-corrected chi connectivity index (χ4v) is 4.04. The molecule has 2 aliphatic rings. The van der Waals surface area contributed by atoms with E-state index >= 15 is 0 Å². The summed E-state index contributed by atoms with van der Waals surface area (Å²) in [6, 6.07) is 15.5. The van der Waals surface area contributed by atoms with E-state index in [1.165, 1.54) is 0 Å². The third-order valence-corrected chi connectivity index (χ3v) is 5.92. The van der Waals surface area contributed by atoms with Crippen molar-refractivity contribution >= 4 is 29.1 Å². The number of hydrogen-bond acceptors (Lipinski definition) is 4. The maximum atomic E-state index is 12.7. The highest BCUT2D eigenvalue weighted by Crippen LogP contribution is 2.27. The van der Waals surface area contributed by atoms with Gasteiger partial charge in [-0.3, -0.25) is 14.4 Å². The predicted octanol–water partition coefficient (Wildman–Crippen LogP) is 1.80. The fourth-order valence-electron chi connectivity index (χ4n) is 4.04. The van der Waals surface area contributed by atoms with Crippen LogP contribution in [0.1, 0.15) is 22.3 Å². The number of hydrogen-bond donors (Lipinski definition) is 1. The smallest absolute Gasteiger partial charge is 0.253 e. The molecule has 7 nitrogen and oxygen atoms in total. The molecule has 2 fully saturated rings. The molecule has 4 rings (SSSR count). The monoisotopic (exact) mass is 406 g/mol. The molecule has 7 heteroatoms. The lowest BCUT2D eigenvalue weighted by molar-refractivity contribution is -0.123. The van der Waals surface area contributed by atoms with Crippen molar-refractivity contribution in [3.05, 3.63) is 59.7 Å². The van der Waals surface area contributed by atoms with E-state index in [0.717, 1.165) is 35.6 Å². The van der Waals surface area contributed by atoms with Crippen molar-refractivity contribution < 1.29 is 14.4 Å². The molecule has 30 heavy (non-hydrogen) atoms. The quantitative estimate of drug-likeness (QED) is 0.839. The number of primary amides is 1. The number of nitrogens with two attached hydrogens (primary N) is 1. The van der Waals surface area contributed by atoms with Gasteiger partial charge in [-0.1, -0.05) is 17.7 Å². The molecule has 0 saturated carbocycles. The first-order valence-corrected chi connectivity index (χ1v) is 10.2. The van der Waals surface area contributed by atoms with Crippen LogP contribution in [0.5, 0.6) is 0 Å². The average Bonchev–Trinajstić information content (AvgIpc) is 3.16. The summed E-state index contributed by atoms with van der Waals surface area (Å²) in [5.74, 6) is -0.854. The van der Waals surface area contributed by atoms with Crippen LogP contribution >= 0.6 is 0 Å². The lowest BCUT2D eigenvalue weighted by atomic mass is 10.1. The molecule has 156 valence electrons. The van der Waals surface area contributed by atoms with Crippen molar-refractivity contribution in [1.82, 2.24) is 4.90 Å². The number of nitrogens with zero attached hydrogens (tertiary/aromatic N) is 3. The second-order valence-corrected chi connectivity index (χ2v) is 7.97. The van der Waals surface area contributed by atoms with E-state index in [4.69, 9.17) is 5.73 Å². The molecule has 0 bridgehead atoms. The Bertz CT molecular complexity index is 947. The van der Waals surface area contributed by atoms with Gasteiger partial charge in [-0.15, -0.1) is 0 Å².